The Labute approximate surface area is 131 Å². The molecule has 10 heteroatoms. The van der Waals surface area contributed by atoms with E-state index in [1.54, 1.807) is 0 Å². The summed E-state index contributed by atoms with van der Waals surface area (Å²) in [4.78, 5) is 21.5. The Bertz CT molecular complexity index is 647. The second kappa shape index (κ2) is 6.66. The predicted molar refractivity (Wildman–Crippen MR) is 77.4 cm³/mol. The molecule has 0 radical (unpaired) electrons. The summed E-state index contributed by atoms with van der Waals surface area (Å²) in [7, 11) is -4.10. The van der Waals surface area contributed by atoms with Gasteiger partial charge in [0.15, 0.2) is 0 Å². The van der Waals surface area contributed by atoms with Gasteiger partial charge in [-0.2, -0.15) is 4.72 Å². The fourth-order valence-corrected chi connectivity index (χ4v) is 4.26. The molecule has 1 aromatic rings. The van der Waals surface area contributed by atoms with Gasteiger partial charge in [-0.15, -0.1) is 0 Å². The molecule has 20 heavy (non-hydrogen) atoms. The number of amides is 1. The number of rotatable bonds is 6. The molecule has 0 bridgehead atoms. The minimum Gasteiger partial charge on any atom is -0.480 e. The zero-order chi connectivity index (χ0) is 15.5. The van der Waals surface area contributed by atoms with E-state index in [1.807, 2.05) is 4.72 Å². The number of hydrogen-bond donors (Lipinski definition) is 3. The lowest BCUT2D eigenvalue weighted by Crippen LogP contribution is -2.43. The highest BCUT2D eigenvalue weighted by molar-refractivity contribution is 9.11. The Hall–Kier alpha value is -0.970. The maximum absolute atomic E-state index is 12.1. The van der Waals surface area contributed by atoms with Crippen molar-refractivity contribution in [1.29, 1.82) is 0 Å². The van der Waals surface area contributed by atoms with E-state index >= 15 is 0 Å². The van der Waals surface area contributed by atoms with E-state index in [1.165, 1.54) is 18.2 Å². The fourth-order valence-electron chi connectivity index (χ4n) is 1.32. The van der Waals surface area contributed by atoms with Gasteiger partial charge in [-0.05, 0) is 34.1 Å². The Morgan fingerprint density at radius 1 is 1.35 bits per heavy atom. The molecular formula is C10H10Br2N2O5S. The normalized spacial score (nSPS) is 12.9. The molecule has 0 fully saturated rings. The number of nitrogens with one attached hydrogen (secondary N) is 1. The Balaban J connectivity index is 3.09. The van der Waals surface area contributed by atoms with Gasteiger partial charge in [-0.3, -0.25) is 9.59 Å². The summed E-state index contributed by atoms with van der Waals surface area (Å²) >= 11 is 6.24. The highest BCUT2D eigenvalue weighted by Gasteiger charge is 2.28. The zero-order valence-electron chi connectivity index (χ0n) is 9.84. The van der Waals surface area contributed by atoms with Crippen molar-refractivity contribution in [3.8, 4) is 0 Å². The molecule has 0 spiro atoms. The molecule has 0 heterocycles. The maximum Gasteiger partial charge on any atom is 0.322 e. The average molecular weight is 430 g/mol. The van der Waals surface area contributed by atoms with Gasteiger partial charge in [0.05, 0.1) is 11.3 Å². The number of hydrogen-bond acceptors (Lipinski definition) is 4. The molecule has 4 N–H and O–H groups in total. The van der Waals surface area contributed by atoms with E-state index in [-0.39, 0.29) is 9.37 Å². The smallest absolute Gasteiger partial charge is 0.322 e. The zero-order valence-corrected chi connectivity index (χ0v) is 13.8. The van der Waals surface area contributed by atoms with Gasteiger partial charge >= 0.3 is 5.97 Å². The van der Waals surface area contributed by atoms with Crippen LogP contribution in [0, 0.1) is 0 Å². The Morgan fingerprint density at radius 3 is 2.40 bits per heavy atom. The Morgan fingerprint density at radius 2 is 1.95 bits per heavy atom. The van der Waals surface area contributed by atoms with Crippen LogP contribution in [0.25, 0.3) is 0 Å². The topological polar surface area (TPSA) is 127 Å². The molecule has 1 amide bonds. The van der Waals surface area contributed by atoms with Crippen LogP contribution in [0.5, 0.6) is 0 Å². The molecule has 0 aliphatic rings. The van der Waals surface area contributed by atoms with Crippen molar-refractivity contribution >= 4 is 53.8 Å². The average Bonchev–Trinajstić information content (AvgIpc) is 2.26. The summed E-state index contributed by atoms with van der Waals surface area (Å²) in [6.45, 7) is 0. The van der Waals surface area contributed by atoms with Crippen LogP contribution in [0.15, 0.2) is 32.0 Å². The molecule has 0 saturated heterocycles. The number of halogens is 2. The van der Waals surface area contributed by atoms with Gasteiger partial charge < -0.3 is 10.8 Å². The first kappa shape index (κ1) is 17.1. The largest absolute Gasteiger partial charge is 0.480 e. The Kier molecular flexibility index (Phi) is 5.68. The molecule has 0 aliphatic carbocycles. The molecule has 0 saturated carbocycles. The molecular weight excluding hydrogens is 420 g/mol. The number of carbonyl (C=O) groups excluding carboxylic acids is 1. The van der Waals surface area contributed by atoms with Crippen molar-refractivity contribution in [2.45, 2.75) is 17.4 Å². The van der Waals surface area contributed by atoms with E-state index in [0.717, 1.165) is 0 Å². The van der Waals surface area contributed by atoms with Gasteiger partial charge in [-0.25, -0.2) is 8.42 Å². The monoisotopic (exact) mass is 428 g/mol. The lowest BCUT2D eigenvalue weighted by atomic mass is 10.2. The van der Waals surface area contributed by atoms with Crippen molar-refractivity contribution < 1.29 is 23.1 Å². The number of carbonyl (C=O) groups is 2. The van der Waals surface area contributed by atoms with Crippen molar-refractivity contribution in [3.05, 3.63) is 27.1 Å². The van der Waals surface area contributed by atoms with Crippen LogP contribution in [-0.2, 0) is 19.6 Å². The van der Waals surface area contributed by atoms with Crippen LogP contribution in [0.2, 0.25) is 0 Å². The van der Waals surface area contributed by atoms with Crippen LogP contribution in [0.4, 0.5) is 0 Å². The number of nitrogens with two attached hydrogens (primary N) is 1. The number of benzene rings is 1. The van der Waals surface area contributed by atoms with Gasteiger partial charge in [-0.1, -0.05) is 15.9 Å². The molecule has 1 aromatic carbocycles. The summed E-state index contributed by atoms with van der Waals surface area (Å²) < 4.78 is 27.0. The lowest BCUT2D eigenvalue weighted by molar-refractivity contribution is -0.140. The predicted octanol–water partition coefficient (Wildman–Crippen LogP) is 0.818. The third-order valence-electron chi connectivity index (χ3n) is 2.18. The van der Waals surface area contributed by atoms with Crippen molar-refractivity contribution in [2.24, 2.45) is 5.73 Å². The first-order valence-corrected chi connectivity index (χ1v) is 8.19. The van der Waals surface area contributed by atoms with Crippen LogP contribution in [0.3, 0.4) is 0 Å². The van der Waals surface area contributed by atoms with Gasteiger partial charge in [0.1, 0.15) is 6.04 Å². The number of aliphatic carboxylic acids is 1. The van der Waals surface area contributed by atoms with Gasteiger partial charge in [0, 0.05) is 8.95 Å². The van der Waals surface area contributed by atoms with Gasteiger partial charge in [0.25, 0.3) is 0 Å². The summed E-state index contributed by atoms with van der Waals surface area (Å²) in [5.41, 5.74) is 4.89. The number of carboxylic acid groups (broad SMARTS) is 1. The molecule has 0 aliphatic heterocycles. The lowest BCUT2D eigenvalue weighted by Gasteiger charge is -2.14. The van der Waals surface area contributed by atoms with E-state index in [2.05, 4.69) is 31.9 Å². The third kappa shape index (κ3) is 4.54. The number of primary amides is 1. The molecule has 0 aromatic heterocycles. The molecule has 1 rings (SSSR count). The van der Waals surface area contributed by atoms with Crippen molar-refractivity contribution in [3.63, 3.8) is 0 Å². The SMILES string of the molecule is NC(=O)C[C@H](NS(=O)(=O)c1ccc(Br)cc1Br)C(=O)O. The maximum atomic E-state index is 12.1. The number of sulfonamides is 1. The molecule has 110 valence electrons. The fraction of sp³-hybridized carbons (Fsp3) is 0.200. The highest BCUT2D eigenvalue weighted by atomic mass is 79.9. The van der Waals surface area contributed by atoms with E-state index < -0.39 is 34.4 Å². The van der Waals surface area contributed by atoms with E-state index in [9.17, 15) is 18.0 Å². The van der Waals surface area contributed by atoms with Crippen molar-refractivity contribution in [2.75, 3.05) is 0 Å². The van der Waals surface area contributed by atoms with Crippen LogP contribution < -0.4 is 10.5 Å². The second-order valence-electron chi connectivity index (χ2n) is 3.76. The van der Waals surface area contributed by atoms with E-state index in [4.69, 9.17) is 10.8 Å². The minimum absolute atomic E-state index is 0.142. The molecule has 7 nitrogen and oxygen atoms in total. The number of carboxylic acids is 1. The quantitative estimate of drug-likeness (QED) is 0.616. The van der Waals surface area contributed by atoms with Crippen LogP contribution in [0.1, 0.15) is 6.42 Å². The van der Waals surface area contributed by atoms with E-state index in [0.29, 0.717) is 4.47 Å². The summed E-state index contributed by atoms with van der Waals surface area (Å²) in [5.74, 6) is -2.41. The summed E-state index contributed by atoms with van der Waals surface area (Å²) in [6.07, 6.45) is -0.636. The van der Waals surface area contributed by atoms with Crippen molar-refractivity contribution in [1.82, 2.24) is 4.72 Å². The van der Waals surface area contributed by atoms with Crippen LogP contribution in [-0.4, -0.2) is 31.4 Å². The standard InChI is InChI=1S/C10H10Br2N2O5S/c11-5-1-2-8(6(12)3-5)20(18,19)14-7(10(16)17)4-9(13)15/h1-3,7,14H,4H2,(H2,13,15)(H,16,17)/t7-/m0/s1. The molecule has 0 unspecified atom stereocenters. The van der Waals surface area contributed by atoms with Gasteiger partial charge in [0.2, 0.25) is 15.9 Å². The first-order chi connectivity index (χ1) is 9.13. The summed E-state index contributed by atoms with van der Waals surface area (Å²) in [5, 5.41) is 8.89. The van der Waals surface area contributed by atoms with Crippen LogP contribution >= 0.6 is 31.9 Å². The second-order valence-corrected chi connectivity index (χ2v) is 7.21. The highest BCUT2D eigenvalue weighted by Crippen LogP contribution is 2.25. The minimum atomic E-state index is -4.10. The third-order valence-corrected chi connectivity index (χ3v) is 5.13. The molecule has 1 atom stereocenters. The summed E-state index contributed by atoms with van der Waals surface area (Å²) in [6, 6.07) is 2.66. The first-order valence-electron chi connectivity index (χ1n) is 5.12.